The van der Waals surface area contributed by atoms with Crippen LogP contribution in [0.5, 0.6) is 5.75 Å². The third-order valence-corrected chi connectivity index (χ3v) is 5.56. The van der Waals surface area contributed by atoms with Crippen molar-refractivity contribution in [1.29, 1.82) is 0 Å². The molecule has 0 bridgehead atoms. The van der Waals surface area contributed by atoms with E-state index in [1.54, 1.807) is 24.3 Å². The largest absolute Gasteiger partial charge is 0.507 e. The average Bonchev–Trinajstić information content (AvgIpc) is 2.84. The smallest absolute Gasteiger partial charge is 0.287 e. The van der Waals surface area contributed by atoms with Gasteiger partial charge in [-0.2, -0.15) is 5.10 Å². The molecule has 0 unspecified atom stereocenters. The monoisotopic (exact) mass is 502 g/mol. The van der Waals surface area contributed by atoms with Crippen LogP contribution < -0.4 is 15.6 Å². The number of rotatable bonds is 7. The number of carbonyl (C=O) groups is 2. The van der Waals surface area contributed by atoms with E-state index in [4.69, 9.17) is 0 Å². The van der Waals surface area contributed by atoms with Crippen molar-refractivity contribution in [3.8, 4) is 5.75 Å². The van der Waals surface area contributed by atoms with Gasteiger partial charge in [-0.15, -0.1) is 0 Å². The minimum absolute atomic E-state index is 0.0159. The molecule has 3 aromatic carbocycles. The van der Waals surface area contributed by atoms with E-state index in [-0.39, 0.29) is 22.4 Å². The highest BCUT2D eigenvalue weighted by Gasteiger charge is 2.16. The summed E-state index contributed by atoms with van der Waals surface area (Å²) in [6.07, 6.45) is 2.83. The van der Waals surface area contributed by atoms with Crippen LogP contribution in [0.25, 0.3) is 6.08 Å². The Balaban J connectivity index is 1.86. The molecular weight excluding hydrogens is 471 g/mol. The van der Waals surface area contributed by atoms with Crippen LogP contribution in [-0.4, -0.2) is 37.2 Å². The summed E-state index contributed by atoms with van der Waals surface area (Å²) in [6, 6.07) is 17.7. The number of nitrogens with zero attached hydrogens (tertiary/aromatic N) is 2. The Kier molecular flexibility index (Phi) is 8.45. The summed E-state index contributed by atoms with van der Waals surface area (Å²) < 4.78 is 13.6. The van der Waals surface area contributed by atoms with Gasteiger partial charge in [0, 0.05) is 30.9 Å². The quantitative estimate of drug-likeness (QED) is 0.245. The minimum Gasteiger partial charge on any atom is -0.507 e. The third kappa shape index (κ3) is 7.51. The van der Waals surface area contributed by atoms with Crippen LogP contribution in [0.15, 0.2) is 77.5 Å². The number of hydrazone groups is 1. The molecule has 2 amide bonds. The van der Waals surface area contributed by atoms with Gasteiger partial charge in [-0.25, -0.2) is 9.82 Å². The Hall–Kier alpha value is -4.46. The molecule has 0 radical (unpaired) electrons. The molecule has 3 aromatic rings. The van der Waals surface area contributed by atoms with E-state index in [1.165, 1.54) is 30.5 Å². The molecule has 37 heavy (non-hydrogen) atoms. The summed E-state index contributed by atoms with van der Waals surface area (Å²) in [4.78, 5) is 27.7. The molecule has 0 fully saturated rings. The summed E-state index contributed by atoms with van der Waals surface area (Å²) in [5.41, 5.74) is 5.27. The van der Waals surface area contributed by atoms with Crippen LogP contribution in [0.2, 0.25) is 0 Å². The van der Waals surface area contributed by atoms with Gasteiger partial charge >= 0.3 is 0 Å². The van der Waals surface area contributed by atoms with Crippen molar-refractivity contribution in [1.82, 2.24) is 10.7 Å². The molecule has 8 heteroatoms. The van der Waals surface area contributed by atoms with E-state index in [9.17, 15) is 19.1 Å². The SMILES string of the molecule is CN(C)c1ccc(/C=C(\NC(=O)c2cccc(F)c2)C(=O)N/N=C/c2cc(C(C)(C)C)ccc2O)cc1. The van der Waals surface area contributed by atoms with Crippen LogP contribution in [0.4, 0.5) is 10.1 Å². The Labute approximate surface area is 216 Å². The van der Waals surface area contributed by atoms with Crippen LogP contribution in [0.1, 0.15) is 47.8 Å². The van der Waals surface area contributed by atoms with Crippen molar-refractivity contribution in [3.63, 3.8) is 0 Å². The molecule has 0 aliphatic carbocycles. The first kappa shape index (κ1) is 27.1. The number of phenolic OH excluding ortho intramolecular Hbond substituents is 1. The molecule has 192 valence electrons. The topological polar surface area (TPSA) is 94.0 Å². The van der Waals surface area contributed by atoms with Crippen LogP contribution >= 0.6 is 0 Å². The molecule has 0 aliphatic heterocycles. The zero-order valence-corrected chi connectivity index (χ0v) is 21.5. The number of halogens is 1. The predicted molar refractivity (Wildman–Crippen MR) is 145 cm³/mol. The normalized spacial score (nSPS) is 11.9. The fourth-order valence-electron chi connectivity index (χ4n) is 3.36. The van der Waals surface area contributed by atoms with Gasteiger partial charge in [0.1, 0.15) is 17.3 Å². The summed E-state index contributed by atoms with van der Waals surface area (Å²) >= 11 is 0. The number of carbonyl (C=O) groups excluding carboxylic acids is 2. The van der Waals surface area contributed by atoms with Gasteiger partial charge in [-0.1, -0.05) is 45.0 Å². The minimum atomic E-state index is -0.691. The number of amides is 2. The number of hydrogen-bond acceptors (Lipinski definition) is 5. The first-order valence-corrected chi connectivity index (χ1v) is 11.7. The molecule has 0 atom stereocenters. The summed E-state index contributed by atoms with van der Waals surface area (Å²) in [5, 5.41) is 16.7. The molecule has 0 saturated heterocycles. The summed E-state index contributed by atoms with van der Waals surface area (Å²) in [5.74, 6) is -1.89. The Morgan fingerprint density at radius 2 is 1.70 bits per heavy atom. The lowest BCUT2D eigenvalue weighted by atomic mass is 9.86. The average molecular weight is 503 g/mol. The van der Waals surface area contributed by atoms with Crippen molar-refractivity contribution < 1.29 is 19.1 Å². The Bertz CT molecular complexity index is 1340. The van der Waals surface area contributed by atoms with Gasteiger partial charge in [-0.05, 0) is 65.1 Å². The van der Waals surface area contributed by atoms with Crippen LogP contribution in [0.3, 0.4) is 0 Å². The molecule has 0 aliphatic rings. The highest BCUT2D eigenvalue weighted by atomic mass is 19.1. The zero-order chi connectivity index (χ0) is 27.2. The molecule has 7 nitrogen and oxygen atoms in total. The van der Waals surface area contributed by atoms with Gasteiger partial charge in [0.05, 0.1) is 6.21 Å². The van der Waals surface area contributed by atoms with Crippen LogP contribution in [0, 0.1) is 5.82 Å². The van der Waals surface area contributed by atoms with Crippen molar-refractivity contribution in [2.24, 2.45) is 5.10 Å². The highest BCUT2D eigenvalue weighted by Crippen LogP contribution is 2.26. The van der Waals surface area contributed by atoms with E-state index in [2.05, 4.69) is 15.8 Å². The van der Waals surface area contributed by atoms with Gasteiger partial charge in [0.15, 0.2) is 0 Å². The molecule has 3 N–H and O–H groups in total. The maximum atomic E-state index is 13.6. The third-order valence-electron chi connectivity index (χ3n) is 5.56. The number of hydrogen-bond donors (Lipinski definition) is 3. The van der Waals surface area contributed by atoms with Crippen molar-refractivity contribution in [2.75, 3.05) is 19.0 Å². The molecule has 0 aromatic heterocycles. The second-order valence-electron chi connectivity index (χ2n) is 9.73. The fraction of sp³-hybridized carbons (Fsp3) is 0.207. The Morgan fingerprint density at radius 3 is 2.32 bits per heavy atom. The number of nitrogens with one attached hydrogen (secondary N) is 2. The number of aromatic hydroxyl groups is 1. The highest BCUT2D eigenvalue weighted by molar-refractivity contribution is 6.05. The molecule has 3 rings (SSSR count). The second-order valence-corrected chi connectivity index (χ2v) is 9.73. The summed E-state index contributed by atoms with van der Waals surface area (Å²) in [6.45, 7) is 6.14. The molecule has 0 heterocycles. The van der Waals surface area contributed by atoms with E-state index in [0.29, 0.717) is 11.1 Å². The molecular formula is C29H31FN4O3. The van der Waals surface area contributed by atoms with Crippen molar-refractivity contribution in [2.45, 2.75) is 26.2 Å². The lowest BCUT2D eigenvalue weighted by Gasteiger charge is -2.19. The van der Waals surface area contributed by atoms with Crippen molar-refractivity contribution >= 4 is 29.8 Å². The maximum absolute atomic E-state index is 13.6. The summed E-state index contributed by atoms with van der Waals surface area (Å²) in [7, 11) is 3.83. The molecule has 0 spiro atoms. The lowest BCUT2D eigenvalue weighted by Crippen LogP contribution is -2.32. The van der Waals surface area contributed by atoms with Gasteiger partial charge in [0.25, 0.3) is 11.8 Å². The standard InChI is InChI=1S/C29H31FN4O3/c1-29(2,3)22-11-14-26(35)21(16-22)18-31-33-28(37)25(15-19-9-12-24(13-10-19)34(4)5)32-27(36)20-7-6-8-23(30)17-20/h6-18,35H,1-5H3,(H,32,36)(H,33,37)/b25-15-,31-18+. The Morgan fingerprint density at radius 1 is 1.00 bits per heavy atom. The van der Waals surface area contributed by atoms with Crippen molar-refractivity contribution in [3.05, 3.63) is 100 Å². The van der Waals surface area contributed by atoms with Gasteiger partial charge in [0.2, 0.25) is 0 Å². The van der Waals surface area contributed by atoms with E-state index in [1.807, 2.05) is 58.0 Å². The predicted octanol–water partition coefficient (Wildman–Crippen LogP) is 4.82. The lowest BCUT2D eigenvalue weighted by molar-refractivity contribution is -0.117. The first-order chi connectivity index (χ1) is 17.4. The first-order valence-electron chi connectivity index (χ1n) is 11.7. The van der Waals surface area contributed by atoms with Gasteiger partial charge < -0.3 is 15.3 Å². The number of anilines is 1. The zero-order valence-electron chi connectivity index (χ0n) is 21.5. The van der Waals surface area contributed by atoms with E-state index < -0.39 is 17.6 Å². The van der Waals surface area contributed by atoms with Gasteiger partial charge in [-0.3, -0.25) is 9.59 Å². The van der Waals surface area contributed by atoms with E-state index in [0.717, 1.165) is 17.3 Å². The van der Waals surface area contributed by atoms with Crippen LogP contribution in [-0.2, 0) is 10.2 Å². The fourth-order valence-corrected chi connectivity index (χ4v) is 3.36. The number of benzene rings is 3. The molecule has 0 saturated carbocycles. The number of phenols is 1. The maximum Gasteiger partial charge on any atom is 0.287 e. The second kappa shape index (κ2) is 11.5. The van der Waals surface area contributed by atoms with E-state index >= 15 is 0 Å².